The Morgan fingerprint density at radius 3 is 2.47 bits per heavy atom. The number of ether oxygens (including phenoxy) is 1. The monoisotopic (exact) mass is 309 g/mol. The first-order chi connectivity index (χ1) is 8.06. The predicted octanol–water partition coefficient (Wildman–Crippen LogP) is 4.28. The zero-order valence-corrected chi connectivity index (χ0v) is 11.0. The molecular weight excluding hydrogens is 308 g/mol. The zero-order chi connectivity index (χ0) is 12.4. The van der Waals surface area contributed by atoms with Crippen LogP contribution in [0.5, 0.6) is 11.6 Å². The zero-order valence-electron chi connectivity index (χ0n) is 7.99. The summed E-state index contributed by atoms with van der Waals surface area (Å²) in [6, 6.07) is 4.73. The molecule has 0 aliphatic carbocycles. The molecule has 0 aliphatic heterocycles. The Morgan fingerprint density at radius 2 is 1.76 bits per heavy atom. The van der Waals surface area contributed by atoms with Crippen molar-refractivity contribution in [2.24, 2.45) is 0 Å². The molecule has 0 fully saturated rings. The predicted molar refractivity (Wildman–Crippen MR) is 66.4 cm³/mol. The van der Waals surface area contributed by atoms with Crippen molar-refractivity contribution < 1.29 is 4.74 Å². The van der Waals surface area contributed by atoms with Crippen molar-refractivity contribution in [1.29, 1.82) is 0 Å². The van der Waals surface area contributed by atoms with Crippen molar-refractivity contribution in [3.63, 3.8) is 0 Å². The van der Waals surface area contributed by atoms with Crippen molar-refractivity contribution in [1.82, 2.24) is 15.2 Å². The summed E-state index contributed by atoms with van der Waals surface area (Å²) in [5.74, 6) is 0.366. The summed E-state index contributed by atoms with van der Waals surface area (Å²) in [6.07, 6.45) is 0. The normalized spacial score (nSPS) is 10.4. The molecule has 0 saturated carbocycles. The third-order valence-electron chi connectivity index (χ3n) is 1.69. The topological polar surface area (TPSA) is 47.9 Å². The van der Waals surface area contributed by atoms with E-state index in [1.54, 1.807) is 12.1 Å². The van der Waals surface area contributed by atoms with Gasteiger partial charge in [0.25, 0.3) is 5.88 Å². The molecule has 17 heavy (non-hydrogen) atoms. The lowest BCUT2D eigenvalue weighted by Crippen LogP contribution is -1.95. The van der Waals surface area contributed by atoms with Crippen LogP contribution in [0.2, 0.25) is 20.5 Å². The maximum atomic E-state index is 5.92. The second-order valence-corrected chi connectivity index (χ2v) is 4.39. The fourth-order valence-electron chi connectivity index (χ4n) is 1.01. The standard InChI is InChI=1S/C9H3Cl4N3O/c10-4-1-2-6(5(11)3-4)17-8-7(12)15-16-9(13)14-8/h1-3H. The number of aromatic nitrogens is 3. The Labute approximate surface area is 116 Å². The Kier molecular flexibility index (Phi) is 3.89. The van der Waals surface area contributed by atoms with Gasteiger partial charge in [-0.05, 0) is 29.8 Å². The second-order valence-electron chi connectivity index (χ2n) is 2.85. The van der Waals surface area contributed by atoms with Crippen LogP contribution in [0.1, 0.15) is 0 Å². The lowest BCUT2D eigenvalue weighted by Gasteiger charge is -2.07. The first kappa shape index (κ1) is 12.6. The summed E-state index contributed by atoms with van der Waals surface area (Å²) in [5.41, 5.74) is 0. The van der Waals surface area contributed by atoms with Gasteiger partial charge in [0.2, 0.25) is 10.4 Å². The molecule has 0 saturated heterocycles. The summed E-state index contributed by atoms with van der Waals surface area (Å²) in [6.45, 7) is 0. The minimum Gasteiger partial charge on any atom is -0.435 e. The molecule has 4 nitrogen and oxygen atoms in total. The van der Waals surface area contributed by atoms with Gasteiger partial charge in [0.05, 0.1) is 5.02 Å². The molecule has 0 unspecified atom stereocenters. The lowest BCUT2D eigenvalue weighted by molar-refractivity contribution is 0.457. The summed E-state index contributed by atoms with van der Waals surface area (Å²) in [5, 5.41) is 7.73. The highest BCUT2D eigenvalue weighted by Crippen LogP contribution is 2.32. The van der Waals surface area contributed by atoms with Crippen LogP contribution in [0.15, 0.2) is 18.2 Å². The minimum atomic E-state index is -0.0746. The number of hydrogen-bond acceptors (Lipinski definition) is 4. The smallest absolute Gasteiger partial charge is 0.262 e. The Hall–Kier alpha value is -0.810. The maximum absolute atomic E-state index is 5.92. The van der Waals surface area contributed by atoms with Crippen LogP contribution in [0.3, 0.4) is 0 Å². The van der Waals surface area contributed by atoms with Crippen LogP contribution < -0.4 is 4.74 Å². The molecule has 0 spiro atoms. The molecule has 0 radical (unpaired) electrons. The molecule has 0 aliphatic rings. The van der Waals surface area contributed by atoms with Gasteiger partial charge >= 0.3 is 0 Å². The van der Waals surface area contributed by atoms with Gasteiger partial charge in [-0.15, -0.1) is 10.2 Å². The summed E-state index contributed by atoms with van der Waals surface area (Å²) in [7, 11) is 0. The van der Waals surface area contributed by atoms with E-state index >= 15 is 0 Å². The van der Waals surface area contributed by atoms with Gasteiger partial charge in [-0.1, -0.05) is 34.8 Å². The average molecular weight is 311 g/mol. The molecule has 1 aromatic heterocycles. The molecule has 88 valence electrons. The third-order valence-corrected chi connectivity index (χ3v) is 2.62. The van der Waals surface area contributed by atoms with Crippen LogP contribution in [0.25, 0.3) is 0 Å². The van der Waals surface area contributed by atoms with Gasteiger partial charge in [0.1, 0.15) is 5.75 Å². The fraction of sp³-hybridized carbons (Fsp3) is 0. The number of benzene rings is 1. The summed E-state index contributed by atoms with van der Waals surface area (Å²) >= 11 is 23.0. The SMILES string of the molecule is Clc1ccc(Oc2nc(Cl)nnc2Cl)c(Cl)c1. The van der Waals surface area contributed by atoms with Crippen LogP contribution in [0, 0.1) is 0 Å². The van der Waals surface area contributed by atoms with E-state index < -0.39 is 0 Å². The van der Waals surface area contributed by atoms with Crippen molar-refractivity contribution in [2.45, 2.75) is 0 Å². The Bertz CT molecular complexity index is 564. The van der Waals surface area contributed by atoms with Gasteiger partial charge in [0, 0.05) is 5.02 Å². The molecular formula is C9H3Cl4N3O. The molecule has 1 aromatic carbocycles. The number of halogens is 4. The van der Waals surface area contributed by atoms with Crippen LogP contribution in [-0.2, 0) is 0 Å². The van der Waals surface area contributed by atoms with Crippen molar-refractivity contribution in [2.75, 3.05) is 0 Å². The lowest BCUT2D eigenvalue weighted by atomic mass is 10.3. The first-order valence-corrected chi connectivity index (χ1v) is 5.76. The molecule has 0 N–H and O–H groups in total. The molecule has 8 heteroatoms. The number of nitrogens with zero attached hydrogens (tertiary/aromatic N) is 3. The second kappa shape index (κ2) is 5.23. The summed E-state index contributed by atoms with van der Waals surface area (Å²) in [4.78, 5) is 3.78. The van der Waals surface area contributed by atoms with Crippen molar-refractivity contribution >= 4 is 46.4 Å². The van der Waals surface area contributed by atoms with E-state index in [-0.39, 0.29) is 16.3 Å². The van der Waals surface area contributed by atoms with Crippen LogP contribution in [0.4, 0.5) is 0 Å². The molecule has 0 amide bonds. The molecule has 1 heterocycles. The van der Waals surface area contributed by atoms with E-state index in [1.807, 2.05) is 0 Å². The van der Waals surface area contributed by atoms with Gasteiger partial charge < -0.3 is 4.74 Å². The highest BCUT2D eigenvalue weighted by Gasteiger charge is 2.11. The van der Waals surface area contributed by atoms with Gasteiger partial charge in [-0.2, -0.15) is 4.98 Å². The largest absolute Gasteiger partial charge is 0.435 e. The van der Waals surface area contributed by atoms with E-state index in [0.29, 0.717) is 15.8 Å². The minimum absolute atomic E-state index is 0.0135. The van der Waals surface area contributed by atoms with E-state index in [0.717, 1.165) is 0 Å². The van der Waals surface area contributed by atoms with Gasteiger partial charge in [-0.3, -0.25) is 0 Å². The van der Waals surface area contributed by atoms with Gasteiger partial charge in [-0.25, -0.2) is 0 Å². The molecule has 0 atom stereocenters. The van der Waals surface area contributed by atoms with Crippen molar-refractivity contribution in [3.8, 4) is 11.6 Å². The highest BCUT2D eigenvalue weighted by atomic mass is 35.5. The van der Waals surface area contributed by atoms with E-state index in [1.165, 1.54) is 6.07 Å². The molecule has 0 bridgehead atoms. The quantitative estimate of drug-likeness (QED) is 0.830. The van der Waals surface area contributed by atoms with Crippen LogP contribution in [-0.4, -0.2) is 15.2 Å². The molecule has 2 rings (SSSR count). The van der Waals surface area contributed by atoms with E-state index in [4.69, 9.17) is 51.1 Å². The highest BCUT2D eigenvalue weighted by molar-refractivity contribution is 6.35. The van der Waals surface area contributed by atoms with E-state index in [9.17, 15) is 0 Å². The van der Waals surface area contributed by atoms with Crippen molar-refractivity contribution in [3.05, 3.63) is 38.7 Å². The van der Waals surface area contributed by atoms with Crippen LogP contribution >= 0.6 is 46.4 Å². The number of rotatable bonds is 2. The van der Waals surface area contributed by atoms with Gasteiger partial charge in [0.15, 0.2) is 0 Å². The Balaban J connectivity index is 2.34. The number of hydrogen-bond donors (Lipinski definition) is 0. The average Bonchev–Trinajstić information content (AvgIpc) is 2.27. The molecule has 2 aromatic rings. The third kappa shape index (κ3) is 3.10. The maximum Gasteiger partial charge on any atom is 0.262 e. The Morgan fingerprint density at radius 1 is 1.00 bits per heavy atom. The first-order valence-electron chi connectivity index (χ1n) is 4.25. The summed E-state index contributed by atoms with van der Waals surface area (Å²) < 4.78 is 5.36. The fourth-order valence-corrected chi connectivity index (χ4v) is 1.69. The van der Waals surface area contributed by atoms with E-state index in [2.05, 4.69) is 15.2 Å².